The molecule has 1 saturated heterocycles. The van der Waals surface area contributed by atoms with Crippen molar-refractivity contribution in [2.45, 2.75) is 50.1 Å². The van der Waals surface area contributed by atoms with Crippen LogP contribution in [0.2, 0.25) is 0 Å². The quantitative estimate of drug-likeness (QED) is 0.902. The van der Waals surface area contributed by atoms with Gasteiger partial charge in [0.05, 0.1) is 0 Å². The van der Waals surface area contributed by atoms with Crippen LogP contribution in [0.15, 0.2) is 30.3 Å². The Bertz CT molecular complexity index is 535. The lowest BCUT2D eigenvalue weighted by Crippen LogP contribution is -2.70. The lowest BCUT2D eigenvalue weighted by Gasteiger charge is -2.46. The smallest absolute Gasteiger partial charge is 0.248 e. The van der Waals surface area contributed by atoms with Crippen molar-refractivity contribution in [3.63, 3.8) is 0 Å². The molecule has 0 aromatic heterocycles. The summed E-state index contributed by atoms with van der Waals surface area (Å²) in [6.07, 6.45) is 5.32. The fourth-order valence-electron chi connectivity index (χ4n) is 3.59. The van der Waals surface area contributed by atoms with Gasteiger partial charge in [0.25, 0.3) is 0 Å². The molecular weight excluding hydrogens is 264 g/mol. The molecule has 1 N–H and O–H groups in total. The molecule has 4 nitrogen and oxygen atoms in total. The largest absolute Gasteiger partial charge is 0.340 e. The predicted octanol–water partition coefficient (Wildman–Crippen LogP) is 1.89. The summed E-state index contributed by atoms with van der Waals surface area (Å²) in [5.74, 6) is 0.0746. The average Bonchev–Trinajstić information content (AvgIpc) is 2.52. The average molecular weight is 286 g/mol. The van der Waals surface area contributed by atoms with E-state index < -0.39 is 11.6 Å². The van der Waals surface area contributed by atoms with Gasteiger partial charge < -0.3 is 10.2 Å². The van der Waals surface area contributed by atoms with Gasteiger partial charge in [-0.15, -0.1) is 0 Å². The second kappa shape index (κ2) is 5.51. The van der Waals surface area contributed by atoms with Crippen molar-refractivity contribution >= 4 is 11.8 Å². The molecule has 4 heteroatoms. The first-order chi connectivity index (χ1) is 10.1. The molecule has 1 aliphatic heterocycles. The first-order valence-corrected chi connectivity index (χ1v) is 7.76. The molecule has 2 fully saturated rings. The minimum Gasteiger partial charge on any atom is -0.340 e. The Morgan fingerprint density at radius 1 is 1.14 bits per heavy atom. The SMILES string of the molecule is CN1C(=O)C2(CCCCC2)NC(=O)C1Cc1ccccc1. The number of benzene rings is 1. The lowest BCUT2D eigenvalue weighted by atomic mass is 9.78. The van der Waals surface area contributed by atoms with E-state index in [4.69, 9.17) is 0 Å². The molecule has 0 radical (unpaired) electrons. The highest BCUT2D eigenvalue weighted by Gasteiger charge is 2.49. The topological polar surface area (TPSA) is 49.4 Å². The standard InChI is InChI=1S/C17H22N2O2/c1-19-14(12-13-8-4-2-5-9-13)15(20)18-17(16(19)21)10-6-3-7-11-17/h2,4-5,8-9,14H,3,6-7,10-12H2,1H3,(H,18,20). The first-order valence-electron chi connectivity index (χ1n) is 7.76. The van der Waals surface area contributed by atoms with Crippen LogP contribution in [-0.2, 0) is 16.0 Å². The van der Waals surface area contributed by atoms with Gasteiger partial charge in [0.2, 0.25) is 11.8 Å². The number of rotatable bonds is 2. The number of likely N-dealkylation sites (N-methyl/N-ethyl adjacent to an activating group) is 1. The van der Waals surface area contributed by atoms with Gasteiger partial charge in [0, 0.05) is 13.5 Å². The highest BCUT2D eigenvalue weighted by Crippen LogP contribution is 2.33. The van der Waals surface area contributed by atoms with Crippen molar-refractivity contribution in [2.24, 2.45) is 0 Å². The third-order valence-corrected chi connectivity index (χ3v) is 4.84. The fraction of sp³-hybridized carbons (Fsp3) is 0.529. The minimum atomic E-state index is -0.628. The Morgan fingerprint density at radius 3 is 2.48 bits per heavy atom. The van der Waals surface area contributed by atoms with Gasteiger partial charge in [0.15, 0.2) is 0 Å². The molecule has 1 unspecified atom stereocenters. The highest BCUT2D eigenvalue weighted by atomic mass is 16.2. The maximum atomic E-state index is 12.8. The molecule has 2 amide bonds. The van der Waals surface area contributed by atoms with Gasteiger partial charge in [-0.05, 0) is 18.4 Å². The van der Waals surface area contributed by atoms with E-state index in [0.717, 1.165) is 37.7 Å². The number of nitrogens with one attached hydrogen (secondary N) is 1. The Balaban J connectivity index is 1.79. The number of piperazine rings is 1. The monoisotopic (exact) mass is 286 g/mol. The van der Waals surface area contributed by atoms with E-state index in [9.17, 15) is 9.59 Å². The Morgan fingerprint density at radius 2 is 1.81 bits per heavy atom. The van der Waals surface area contributed by atoms with Crippen LogP contribution < -0.4 is 5.32 Å². The number of hydrogen-bond acceptors (Lipinski definition) is 2. The molecule has 21 heavy (non-hydrogen) atoms. The highest BCUT2D eigenvalue weighted by molar-refractivity contribution is 5.99. The van der Waals surface area contributed by atoms with Crippen LogP contribution in [0.4, 0.5) is 0 Å². The van der Waals surface area contributed by atoms with Crippen LogP contribution in [-0.4, -0.2) is 35.3 Å². The summed E-state index contributed by atoms with van der Waals surface area (Å²) in [5, 5.41) is 3.05. The van der Waals surface area contributed by atoms with Crippen molar-refractivity contribution in [3.8, 4) is 0 Å². The number of carbonyl (C=O) groups excluding carboxylic acids is 2. The van der Waals surface area contributed by atoms with Crippen LogP contribution >= 0.6 is 0 Å². The van der Waals surface area contributed by atoms with Crippen LogP contribution in [0.3, 0.4) is 0 Å². The molecule has 1 aromatic rings. The summed E-state index contributed by atoms with van der Waals surface area (Å²) in [7, 11) is 1.77. The third kappa shape index (κ3) is 2.55. The molecule has 0 bridgehead atoms. The first kappa shape index (κ1) is 14.1. The molecule has 1 aliphatic carbocycles. The Labute approximate surface area is 125 Å². The summed E-state index contributed by atoms with van der Waals surface area (Å²) >= 11 is 0. The van der Waals surface area contributed by atoms with Gasteiger partial charge in [-0.25, -0.2) is 0 Å². The fourth-order valence-corrected chi connectivity index (χ4v) is 3.59. The summed E-state index contributed by atoms with van der Waals surface area (Å²) in [6.45, 7) is 0. The molecule has 1 heterocycles. The zero-order chi connectivity index (χ0) is 14.9. The number of carbonyl (C=O) groups is 2. The Kier molecular flexibility index (Phi) is 3.70. The van der Waals surface area contributed by atoms with E-state index in [1.165, 1.54) is 0 Å². The van der Waals surface area contributed by atoms with Crippen LogP contribution in [0.1, 0.15) is 37.7 Å². The molecular formula is C17H22N2O2. The second-order valence-electron chi connectivity index (χ2n) is 6.25. The number of hydrogen-bond donors (Lipinski definition) is 1. The summed E-state index contributed by atoms with van der Waals surface area (Å²) in [5.41, 5.74) is 0.453. The summed E-state index contributed by atoms with van der Waals surface area (Å²) in [6, 6.07) is 9.47. The lowest BCUT2D eigenvalue weighted by molar-refractivity contribution is -0.154. The van der Waals surface area contributed by atoms with Crippen LogP contribution in [0.5, 0.6) is 0 Å². The van der Waals surface area contributed by atoms with E-state index >= 15 is 0 Å². The molecule has 1 atom stereocenters. The van der Waals surface area contributed by atoms with E-state index in [-0.39, 0.29) is 11.8 Å². The van der Waals surface area contributed by atoms with Crippen LogP contribution in [0, 0.1) is 0 Å². The van der Waals surface area contributed by atoms with E-state index in [1.54, 1.807) is 11.9 Å². The molecule has 1 saturated carbocycles. The minimum absolute atomic E-state index is 0.0112. The second-order valence-corrected chi connectivity index (χ2v) is 6.25. The number of amides is 2. The maximum absolute atomic E-state index is 12.8. The normalized spacial score (nSPS) is 25.0. The molecule has 112 valence electrons. The van der Waals surface area contributed by atoms with Crippen molar-refractivity contribution < 1.29 is 9.59 Å². The van der Waals surface area contributed by atoms with Crippen molar-refractivity contribution in [1.82, 2.24) is 10.2 Å². The predicted molar refractivity (Wildman–Crippen MR) is 80.7 cm³/mol. The van der Waals surface area contributed by atoms with Gasteiger partial charge in [-0.3, -0.25) is 9.59 Å². The van der Waals surface area contributed by atoms with Gasteiger partial charge in [-0.2, -0.15) is 0 Å². The molecule has 1 aromatic carbocycles. The van der Waals surface area contributed by atoms with Crippen molar-refractivity contribution in [2.75, 3.05) is 7.05 Å². The van der Waals surface area contributed by atoms with Gasteiger partial charge >= 0.3 is 0 Å². The van der Waals surface area contributed by atoms with Crippen molar-refractivity contribution in [1.29, 1.82) is 0 Å². The number of nitrogens with zero attached hydrogens (tertiary/aromatic N) is 1. The van der Waals surface area contributed by atoms with E-state index in [0.29, 0.717) is 6.42 Å². The molecule has 3 rings (SSSR count). The van der Waals surface area contributed by atoms with Crippen molar-refractivity contribution in [3.05, 3.63) is 35.9 Å². The van der Waals surface area contributed by atoms with Gasteiger partial charge in [-0.1, -0.05) is 49.6 Å². The van der Waals surface area contributed by atoms with Crippen LogP contribution in [0.25, 0.3) is 0 Å². The van der Waals surface area contributed by atoms with E-state index in [2.05, 4.69) is 5.32 Å². The van der Waals surface area contributed by atoms with Gasteiger partial charge in [0.1, 0.15) is 11.6 Å². The third-order valence-electron chi connectivity index (χ3n) is 4.84. The van der Waals surface area contributed by atoms with E-state index in [1.807, 2.05) is 30.3 Å². The molecule has 2 aliphatic rings. The summed E-state index contributed by atoms with van der Waals surface area (Å²) < 4.78 is 0. The zero-order valence-electron chi connectivity index (χ0n) is 12.5. The Hall–Kier alpha value is -1.84. The summed E-state index contributed by atoms with van der Waals surface area (Å²) in [4.78, 5) is 26.9. The maximum Gasteiger partial charge on any atom is 0.248 e. The molecule has 1 spiro atoms. The zero-order valence-corrected chi connectivity index (χ0v) is 12.5.